The Labute approximate surface area is 203 Å². The Balaban J connectivity index is 2.21. The molecule has 0 saturated heterocycles. The fourth-order valence-electron chi connectivity index (χ4n) is 4.91. The Morgan fingerprint density at radius 2 is 1.29 bits per heavy atom. The first-order valence-electron chi connectivity index (χ1n) is 12.2. The largest absolute Gasteiger partial charge is 0.492 e. The standard InChI is InChI=1S/C26H40O8/c1-7-33-20(27)15-13-11-9-10-12-14-17-18(26(28)34-8-2)16-19-21(17)23(30-4)25(32-6)24(31-5)22(19)29-3/h17-18H,7-16H2,1-6H3. The van der Waals surface area contributed by atoms with E-state index in [-0.39, 0.29) is 23.8 Å². The van der Waals surface area contributed by atoms with Gasteiger partial charge in [-0.25, -0.2) is 0 Å². The number of benzene rings is 1. The van der Waals surface area contributed by atoms with E-state index in [0.29, 0.717) is 49.1 Å². The molecule has 0 heterocycles. The van der Waals surface area contributed by atoms with Crippen LogP contribution in [0.3, 0.4) is 0 Å². The van der Waals surface area contributed by atoms with Crippen LogP contribution in [0.2, 0.25) is 0 Å². The monoisotopic (exact) mass is 480 g/mol. The van der Waals surface area contributed by atoms with Crippen molar-refractivity contribution in [2.24, 2.45) is 5.92 Å². The summed E-state index contributed by atoms with van der Waals surface area (Å²) in [6, 6.07) is 0. The smallest absolute Gasteiger partial charge is 0.309 e. The predicted octanol–water partition coefficient (Wildman–Crippen LogP) is 4.83. The third-order valence-electron chi connectivity index (χ3n) is 6.35. The lowest BCUT2D eigenvalue weighted by atomic mass is 9.86. The first-order chi connectivity index (χ1) is 16.5. The van der Waals surface area contributed by atoms with Gasteiger partial charge in [0.25, 0.3) is 0 Å². The number of hydrogen-bond donors (Lipinski definition) is 0. The normalized spacial score (nSPS) is 16.5. The molecular formula is C26H40O8. The van der Waals surface area contributed by atoms with Gasteiger partial charge in [0.1, 0.15) is 0 Å². The third kappa shape index (κ3) is 6.27. The second-order valence-corrected chi connectivity index (χ2v) is 8.31. The number of rotatable bonds is 15. The molecule has 2 rings (SSSR count). The zero-order chi connectivity index (χ0) is 25.1. The summed E-state index contributed by atoms with van der Waals surface area (Å²) >= 11 is 0. The molecule has 8 nitrogen and oxygen atoms in total. The summed E-state index contributed by atoms with van der Waals surface area (Å²) in [4.78, 5) is 24.4. The van der Waals surface area contributed by atoms with E-state index in [1.165, 1.54) is 0 Å². The molecule has 2 unspecified atom stereocenters. The molecule has 34 heavy (non-hydrogen) atoms. The van der Waals surface area contributed by atoms with E-state index in [0.717, 1.165) is 49.7 Å². The second-order valence-electron chi connectivity index (χ2n) is 8.31. The van der Waals surface area contributed by atoms with Gasteiger partial charge in [-0.15, -0.1) is 0 Å². The number of hydrogen-bond acceptors (Lipinski definition) is 8. The number of esters is 2. The molecule has 0 aliphatic heterocycles. The van der Waals surface area contributed by atoms with Gasteiger partial charge in [0, 0.05) is 23.5 Å². The first kappa shape index (κ1) is 27.6. The van der Waals surface area contributed by atoms with Gasteiger partial charge in [-0.1, -0.05) is 25.7 Å². The summed E-state index contributed by atoms with van der Waals surface area (Å²) in [6.45, 7) is 4.39. The van der Waals surface area contributed by atoms with Crippen LogP contribution >= 0.6 is 0 Å². The van der Waals surface area contributed by atoms with Crippen LogP contribution in [-0.4, -0.2) is 53.6 Å². The first-order valence-corrected chi connectivity index (χ1v) is 12.2. The van der Waals surface area contributed by atoms with Crippen LogP contribution in [0.25, 0.3) is 0 Å². The van der Waals surface area contributed by atoms with E-state index in [9.17, 15) is 9.59 Å². The Morgan fingerprint density at radius 1 is 0.735 bits per heavy atom. The number of carbonyl (C=O) groups is 2. The van der Waals surface area contributed by atoms with Crippen LogP contribution in [0.5, 0.6) is 23.0 Å². The van der Waals surface area contributed by atoms with E-state index in [4.69, 9.17) is 28.4 Å². The molecule has 0 amide bonds. The molecule has 1 aliphatic rings. The highest BCUT2D eigenvalue weighted by molar-refractivity contribution is 5.79. The van der Waals surface area contributed by atoms with E-state index >= 15 is 0 Å². The molecule has 1 aromatic rings. The molecule has 0 N–H and O–H groups in total. The average Bonchev–Trinajstić information content (AvgIpc) is 3.21. The molecule has 0 fully saturated rings. The fourth-order valence-corrected chi connectivity index (χ4v) is 4.91. The molecule has 0 bridgehead atoms. The van der Waals surface area contributed by atoms with E-state index < -0.39 is 0 Å². The van der Waals surface area contributed by atoms with Gasteiger partial charge in [0.05, 0.1) is 47.6 Å². The summed E-state index contributed by atoms with van der Waals surface area (Å²) in [5, 5.41) is 0. The molecule has 0 saturated carbocycles. The lowest BCUT2D eigenvalue weighted by Crippen LogP contribution is -2.22. The molecular weight excluding hydrogens is 440 g/mol. The SMILES string of the molecule is CCOC(=O)CCCCCCCC1c2c(c(OC)c(OC)c(OC)c2OC)CC1C(=O)OCC. The number of carbonyl (C=O) groups excluding carboxylic acids is 2. The Bertz CT molecular complexity index is 820. The minimum atomic E-state index is -0.321. The van der Waals surface area contributed by atoms with Crippen molar-refractivity contribution in [1.29, 1.82) is 0 Å². The van der Waals surface area contributed by atoms with E-state index in [2.05, 4.69) is 0 Å². The zero-order valence-electron chi connectivity index (χ0n) is 21.5. The molecule has 1 aliphatic carbocycles. The number of ether oxygens (including phenoxy) is 6. The summed E-state index contributed by atoms with van der Waals surface area (Å²) in [5.41, 5.74) is 1.85. The molecule has 0 radical (unpaired) electrons. The van der Waals surface area contributed by atoms with Crippen molar-refractivity contribution >= 4 is 11.9 Å². The van der Waals surface area contributed by atoms with Crippen LogP contribution in [0.4, 0.5) is 0 Å². The van der Waals surface area contributed by atoms with Gasteiger partial charge in [-0.05, 0) is 33.1 Å². The molecule has 8 heteroatoms. The van der Waals surface area contributed by atoms with Crippen molar-refractivity contribution in [1.82, 2.24) is 0 Å². The number of unbranched alkanes of at least 4 members (excludes halogenated alkanes) is 4. The van der Waals surface area contributed by atoms with Crippen LogP contribution in [-0.2, 0) is 25.5 Å². The van der Waals surface area contributed by atoms with Crippen molar-refractivity contribution in [3.05, 3.63) is 11.1 Å². The molecule has 192 valence electrons. The summed E-state index contributed by atoms with van der Waals surface area (Å²) < 4.78 is 33.1. The second kappa shape index (κ2) is 13.9. The van der Waals surface area contributed by atoms with Crippen LogP contribution in [0.15, 0.2) is 0 Å². The highest BCUT2D eigenvalue weighted by atomic mass is 16.5. The molecule has 0 aromatic heterocycles. The van der Waals surface area contributed by atoms with E-state index in [1.807, 2.05) is 13.8 Å². The Kier molecular flexibility index (Phi) is 11.3. The van der Waals surface area contributed by atoms with Gasteiger partial charge >= 0.3 is 11.9 Å². The van der Waals surface area contributed by atoms with Crippen LogP contribution in [0, 0.1) is 5.92 Å². The maximum absolute atomic E-state index is 12.9. The van der Waals surface area contributed by atoms with Crippen molar-refractivity contribution in [2.75, 3.05) is 41.7 Å². The summed E-state index contributed by atoms with van der Waals surface area (Å²) in [5.74, 6) is 1.36. The minimum absolute atomic E-state index is 0.0720. The Hall–Kier alpha value is -2.64. The topological polar surface area (TPSA) is 89.5 Å². The van der Waals surface area contributed by atoms with Crippen molar-refractivity contribution in [2.45, 2.75) is 71.1 Å². The van der Waals surface area contributed by atoms with Gasteiger partial charge in [0.15, 0.2) is 11.5 Å². The maximum atomic E-state index is 12.9. The lowest BCUT2D eigenvalue weighted by molar-refractivity contribution is -0.148. The zero-order valence-corrected chi connectivity index (χ0v) is 21.5. The van der Waals surface area contributed by atoms with Crippen molar-refractivity contribution < 1.29 is 38.0 Å². The average molecular weight is 481 g/mol. The fraction of sp³-hybridized carbons (Fsp3) is 0.692. The minimum Gasteiger partial charge on any atom is -0.492 e. The van der Waals surface area contributed by atoms with Crippen molar-refractivity contribution in [3.8, 4) is 23.0 Å². The lowest BCUT2D eigenvalue weighted by Gasteiger charge is -2.23. The van der Waals surface area contributed by atoms with Crippen LogP contribution < -0.4 is 18.9 Å². The summed E-state index contributed by atoms with van der Waals surface area (Å²) in [7, 11) is 6.31. The predicted molar refractivity (Wildman–Crippen MR) is 128 cm³/mol. The third-order valence-corrected chi connectivity index (χ3v) is 6.35. The van der Waals surface area contributed by atoms with Gasteiger partial charge in [0.2, 0.25) is 11.5 Å². The number of fused-ring (bicyclic) bond motifs is 1. The quantitative estimate of drug-likeness (QED) is 0.260. The summed E-state index contributed by atoms with van der Waals surface area (Å²) in [6.07, 6.45) is 6.56. The van der Waals surface area contributed by atoms with Gasteiger partial charge in [-0.2, -0.15) is 0 Å². The molecule has 1 aromatic carbocycles. The van der Waals surface area contributed by atoms with Gasteiger partial charge < -0.3 is 28.4 Å². The number of methoxy groups -OCH3 is 4. The highest BCUT2D eigenvalue weighted by Gasteiger charge is 2.44. The van der Waals surface area contributed by atoms with Gasteiger partial charge in [-0.3, -0.25) is 9.59 Å². The maximum Gasteiger partial charge on any atom is 0.309 e. The molecule has 0 spiro atoms. The Morgan fingerprint density at radius 3 is 1.88 bits per heavy atom. The highest BCUT2D eigenvalue weighted by Crippen LogP contribution is 2.58. The van der Waals surface area contributed by atoms with E-state index in [1.54, 1.807) is 28.4 Å². The van der Waals surface area contributed by atoms with Crippen LogP contribution in [0.1, 0.15) is 75.8 Å². The van der Waals surface area contributed by atoms with Crippen molar-refractivity contribution in [3.63, 3.8) is 0 Å². The molecule has 2 atom stereocenters.